The zero-order chi connectivity index (χ0) is 19.1. The molecule has 1 amide bonds. The van der Waals surface area contributed by atoms with Crippen LogP contribution in [0, 0.1) is 0 Å². The third-order valence-electron chi connectivity index (χ3n) is 3.46. The van der Waals surface area contributed by atoms with Gasteiger partial charge in [0.25, 0.3) is 0 Å². The number of amides is 1. The van der Waals surface area contributed by atoms with Crippen molar-refractivity contribution in [2.24, 2.45) is 0 Å². The smallest absolute Gasteiger partial charge is 0.219 e. The van der Waals surface area contributed by atoms with Crippen LogP contribution < -0.4 is 0 Å². The third-order valence-corrected chi connectivity index (χ3v) is 4.92. The lowest BCUT2D eigenvalue weighted by atomic mass is 10.5. The van der Waals surface area contributed by atoms with Gasteiger partial charge in [-0.05, 0) is 34.0 Å². The first-order valence-electron chi connectivity index (χ1n) is 8.44. The van der Waals surface area contributed by atoms with Crippen LogP contribution in [0.3, 0.4) is 0 Å². The Morgan fingerprint density at radius 1 is 0.783 bits per heavy atom. The van der Waals surface area contributed by atoms with Crippen LogP contribution in [0.25, 0.3) is 0 Å². The fraction of sp³-hybridized carbons (Fsp3) is 0.938. The van der Waals surface area contributed by atoms with Gasteiger partial charge in [-0.2, -0.15) is 0 Å². The molecular weight excluding hydrogens is 314 g/mol. The maximum atomic E-state index is 10.7. The van der Waals surface area contributed by atoms with Gasteiger partial charge in [-0.25, -0.2) is 12.7 Å². The molecule has 0 bridgehead atoms. The molecule has 0 saturated carbocycles. The molecule has 0 radical (unpaired) electrons. The summed E-state index contributed by atoms with van der Waals surface area (Å²) in [5.41, 5.74) is 0. The first-order chi connectivity index (χ1) is 10.5. The normalized spacial score (nSPS) is 10.6. The molecule has 0 rings (SSSR count). The minimum atomic E-state index is -2.93. The molecule has 0 atom stereocenters. The average Bonchev–Trinajstić information content (AvgIpc) is 2.48. The van der Waals surface area contributed by atoms with Gasteiger partial charge in [0, 0.05) is 33.1 Å². The van der Waals surface area contributed by atoms with Crippen LogP contribution in [0.4, 0.5) is 0 Å². The predicted octanol–water partition coefficient (Wildman–Crippen LogP) is 2.12. The summed E-state index contributed by atoms with van der Waals surface area (Å²) in [6.45, 7) is 18.6. The minimum absolute atomic E-state index is 0.162. The lowest BCUT2D eigenvalue weighted by Gasteiger charge is -2.14. The number of carbonyl (C=O) groups is 1. The second-order valence-corrected chi connectivity index (χ2v) is 7.01. The number of hydrogen-bond donors (Lipinski definition) is 0. The monoisotopic (exact) mass is 353 g/mol. The lowest BCUT2D eigenvalue weighted by molar-refractivity contribution is -0.128. The molecule has 23 heavy (non-hydrogen) atoms. The maximum absolute atomic E-state index is 10.7. The molecule has 0 N–H and O–H groups in total. The van der Waals surface area contributed by atoms with Crippen molar-refractivity contribution in [3.05, 3.63) is 0 Å². The minimum Gasteiger partial charge on any atom is -0.343 e. The van der Waals surface area contributed by atoms with E-state index in [1.807, 2.05) is 27.7 Å². The largest absolute Gasteiger partial charge is 0.343 e. The van der Waals surface area contributed by atoms with Gasteiger partial charge >= 0.3 is 0 Å². The maximum Gasteiger partial charge on any atom is 0.219 e. The van der Waals surface area contributed by atoms with Gasteiger partial charge in [-0.1, -0.05) is 27.7 Å². The van der Waals surface area contributed by atoms with E-state index in [0.29, 0.717) is 13.1 Å². The molecule has 0 aromatic carbocycles. The van der Waals surface area contributed by atoms with E-state index in [-0.39, 0.29) is 5.91 Å². The molecular formula is C16H39N3O3S. The van der Waals surface area contributed by atoms with Gasteiger partial charge in [-0.3, -0.25) is 4.79 Å². The second kappa shape index (κ2) is 16.2. The molecule has 0 aliphatic heterocycles. The van der Waals surface area contributed by atoms with Crippen LogP contribution in [-0.2, 0) is 14.8 Å². The fourth-order valence-electron chi connectivity index (χ4n) is 1.59. The summed E-state index contributed by atoms with van der Waals surface area (Å²) in [5, 5.41) is 0. The van der Waals surface area contributed by atoms with Crippen molar-refractivity contribution < 1.29 is 13.2 Å². The number of rotatable bonds is 7. The summed E-state index contributed by atoms with van der Waals surface area (Å²) < 4.78 is 22.8. The van der Waals surface area contributed by atoms with Crippen molar-refractivity contribution in [1.29, 1.82) is 0 Å². The highest BCUT2D eigenvalue weighted by Gasteiger charge is 2.09. The summed E-state index contributed by atoms with van der Waals surface area (Å²) in [5.74, 6) is 0.162. The molecule has 0 aromatic rings. The van der Waals surface area contributed by atoms with E-state index >= 15 is 0 Å². The van der Waals surface area contributed by atoms with Crippen LogP contribution in [0.2, 0.25) is 0 Å². The Hall–Kier alpha value is -0.660. The zero-order valence-corrected chi connectivity index (χ0v) is 17.5. The first-order valence-corrected chi connectivity index (χ1v) is 10.3. The van der Waals surface area contributed by atoms with Crippen molar-refractivity contribution in [3.8, 4) is 0 Å². The molecule has 7 heteroatoms. The number of carbonyl (C=O) groups excluding carboxylic acids is 1. The average molecular weight is 354 g/mol. The Bertz CT molecular complexity index is 361. The summed E-state index contributed by atoms with van der Waals surface area (Å²) in [6.07, 6.45) is 1.22. The van der Waals surface area contributed by atoms with Crippen molar-refractivity contribution in [2.45, 2.75) is 48.5 Å². The van der Waals surface area contributed by atoms with E-state index in [9.17, 15) is 13.2 Å². The second-order valence-electron chi connectivity index (χ2n) is 5.03. The summed E-state index contributed by atoms with van der Waals surface area (Å²) in [6, 6.07) is 0. The predicted molar refractivity (Wildman–Crippen MR) is 100 cm³/mol. The van der Waals surface area contributed by atoms with E-state index < -0.39 is 10.0 Å². The molecule has 0 heterocycles. The summed E-state index contributed by atoms with van der Waals surface area (Å²) >= 11 is 0. The molecule has 0 spiro atoms. The Labute approximate surface area is 144 Å². The van der Waals surface area contributed by atoms with Gasteiger partial charge in [0.15, 0.2) is 0 Å². The SMILES string of the molecule is CCN(C)CC.CCN(CC)C(C)=O.CCN(CC)S(C)(=O)=O. The Balaban J connectivity index is -0.000000266. The Kier molecular flexibility index (Phi) is 19.2. The van der Waals surface area contributed by atoms with Gasteiger partial charge in [0.05, 0.1) is 6.26 Å². The van der Waals surface area contributed by atoms with E-state index in [4.69, 9.17) is 0 Å². The van der Waals surface area contributed by atoms with Crippen LogP contribution in [-0.4, -0.2) is 81.0 Å². The molecule has 0 saturated heterocycles. The topological polar surface area (TPSA) is 60.9 Å². The molecule has 0 aromatic heterocycles. The molecule has 6 nitrogen and oxygen atoms in total. The van der Waals surface area contributed by atoms with Crippen molar-refractivity contribution >= 4 is 15.9 Å². The Morgan fingerprint density at radius 3 is 1.13 bits per heavy atom. The van der Waals surface area contributed by atoms with Crippen LogP contribution >= 0.6 is 0 Å². The fourth-order valence-corrected chi connectivity index (χ4v) is 2.52. The molecule has 0 aliphatic rings. The Morgan fingerprint density at radius 2 is 1.13 bits per heavy atom. The summed E-state index contributed by atoms with van der Waals surface area (Å²) in [4.78, 5) is 14.6. The summed E-state index contributed by atoms with van der Waals surface area (Å²) in [7, 11) is -0.821. The highest BCUT2D eigenvalue weighted by Crippen LogP contribution is 1.94. The van der Waals surface area contributed by atoms with Crippen LogP contribution in [0.15, 0.2) is 0 Å². The highest BCUT2D eigenvalue weighted by atomic mass is 32.2. The molecule has 0 fully saturated rings. The van der Waals surface area contributed by atoms with Crippen molar-refractivity contribution in [1.82, 2.24) is 14.1 Å². The van der Waals surface area contributed by atoms with E-state index in [0.717, 1.165) is 26.2 Å². The zero-order valence-electron chi connectivity index (χ0n) is 16.7. The standard InChI is InChI=1S/C6H13NO.C5H13NO2S.C5H13N/c1-4-7(5-2)6(3)8;1-4-6(5-2)9(3,7)8;1-4-6(3)5-2/h4-5H2,1-3H3;4-5H2,1-3H3;4-5H2,1-3H3. The van der Waals surface area contributed by atoms with E-state index in [1.54, 1.807) is 11.8 Å². The van der Waals surface area contributed by atoms with Gasteiger partial charge in [0.1, 0.15) is 0 Å². The number of sulfonamides is 1. The van der Waals surface area contributed by atoms with E-state index in [1.165, 1.54) is 10.6 Å². The first kappa shape index (κ1) is 27.2. The van der Waals surface area contributed by atoms with Crippen LogP contribution in [0.5, 0.6) is 0 Å². The number of nitrogens with zero attached hydrogens (tertiary/aromatic N) is 3. The molecule has 142 valence electrons. The van der Waals surface area contributed by atoms with E-state index in [2.05, 4.69) is 25.8 Å². The molecule has 0 aliphatic carbocycles. The number of hydrogen-bond acceptors (Lipinski definition) is 4. The van der Waals surface area contributed by atoms with Gasteiger partial charge in [0.2, 0.25) is 15.9 Å². The quantitative estimate of drug-likeness (QED) is 0.703. The lowest BCUT2D eigenvalue weighted by Crippen LogP contribution is -2.29. The van der Waals surface area contributed by atoms with Crippen molar-refractivity contribution in [3.63, 3.8) is 0 Å². The van der Waals surface area contributed by atoms with Gasteiger partial charge in [-0.15, -0.1) is 0 Å². The third kappa shape index (κ3) is 17.5. The molecule has 0 unspecified atom stereocenters. The van der Waals surface area contributed by atoms with Gasteiger partial charge < -0.3 is 9.80 Å². The highest BCUT2D eigenvalue weighted by molar-refractivity contribution is 7.88. The van der Waals surface area contributed by atoms with Crippen molar-refractivity contribution in [2.75, 3.05) is 52.6 Å². The van der Waals surface area contributed by atoms with Crippen LogP contribution in [0.1, 0.15) is 48.5 Å².